The molecule has 1 aromatic carbocycles. The summed E-state index contributed by atoms with van der Waals surface area (Å²) in [6.45, 7) is 2.12. The molecule has 0 saturated carbocycles. The first-order chi connectivity index (χ1) is 9.63. The van der Waals surface area contributed by atoms with Crippen LogP contribution in [0.4, 0.5) is 4.79 Å². The van der Waals surface area contributed by atoms with E-state index in [-0.39, 0.29) is 12.6 Å². The van der Waals surface area contributed by atoms with Crippen LogP contribution in [0.15, 0.2) is 30.3 Å². The van der Waals surface area contributed by atoms with E-state index in [0.717, 1.165) is 12.0 Å². The van der Waals surface area contributed by atoms with Gasteiger partial charge in [-0.1, -0.05) is 37.3 Å². The van der Waals surface area contributed by atoms with Crippen LogP contribution in [0.25, 0.3) is 0 Å². The van der Waals surface area contributed by atoms with E-state index in [1.807, 2.05) is 37.3 Å². The van der Waals surface area contributed by atoms with Crippen molar-refractivity contribution in [2.45, 2.75) is 44.9 Å². The Morgan fingerprint density at radius 2 is 2.00 bits per heavy atom. The molecule has 2 rings (SSSR count). The van der Waals surface area contributed by atoms with Crippen LogP contribution in [0.5, 0.6) is 0 Å². The van der Waals surface area contributed by atoms with Crippen molar-refractivity contribution < 1.29 is 19.4 Å². The van der Waals surface area contributed by atoms with Crippen LogP contribution in [0.1, 0.15) is 31.7 Å². The molecule has 1 aliphatic heterocycles. The summed E-state index contributed by atoms with van der Waals surface area (Å²) in [4.78, 5) is 24.7. The standard InChI is InChI=1S/C15H19NO4/c1-2-12-8-9-13(14(17)18)16(12)15(19)20-10-11-6-4-3-5-7-11/h3-7,12-13H,2,8-10H2,1H3,(H,17,18). The minimum absolute atomic E-state index is 0.0422. The first-order valence-electron chi connectivity index (χ1n) is 6.85. The molecule has 0 radical (unpaired) electrons. The van der Waals surface area contributed by atoms with E-state index in [2.05, 4.69) is 0 Å². The Kier molecular flexibility index (Phi) is 4.61. The monoisotopic (exact) mass is 277 g/mol. The summed E-state index contributed by atoms with van der Waals surface area (Å²) >= 11 is 0. The molecule has 20 heavy (non-hydrogen) atoms. The molecule has 1 N–H and O–H groups in total. The molecule has 2 unspecified atom stereocenters. The van der Waals surface area contributed by atoms with E-state index < -0.39 is 18.1 Å². The Bertz CT molecular complexity index is 474. The zero-order chi connectivity index (χ0) is 14.5. The first-order valence-corrected chi connectivity index (χ1v) is 6.85. The molecule has 0 aliphatic carbocycles. The third-order valence-corrected chi connectivity index (χ3v) is 3.67. The predicted molar refractivity (Wildman–Crippen MR) is 73.2 cm³/mol. The Labute approximate surface area is 118 Å². The van der Waals surface area contributed by atoms with Gasteiger partial charge in [0.2, 0.25) is 0 Å². The molecule has 5 nitrogen and oxygen atoms in total. The smallest absolute Gasteiger partial charge is 0.411 e. The summed E-state index contributed by atoms with van der Waals surface area (Å²) in [5.41, 5.74) is 0.889. The average molecular weight is 277 g/mol. The maximum Gasteiger partial charge on any atom is 0.411 e. The van der Waals surface area contributed by atoms with Crippen molar-refractivity contribution in [2.24, 2.45) is 0 Å². The maximum atomic E-state index is 12.1. The van der Waals surface area contributed by atoms with Gasteiger partial charge in [-0.2, -0.15) is 0 Å². The molecule has 1 aliphatic rings. The van der Waals surface area contributed by atoms with Gasteiger partial charge in [-0.25, -0.2) is 9.59 Å². The number of rotatable bonds is 4. The number of hydrogen-bond acceptors (Lipinski definition) is 3. The number of likely N-dealkylation sites (tertiary alicyclic amines) is 1. The van der Waals surface area contributed by atoms with Gasteiger partial charge in [0, 0.05) is 6.04 Å². The van der Waals surface area contributed by atoms with Crippen molar-refractivity contribution in [3.8, 4) is 0 Å². The molecule has 1 amide bonds. The number of nitrogens with zero attached hydrogens (tertiary/aromatic N) is 1. The zero-order valence-corrected chi connectivity index (χ0v) is 11.5. The lowest BCUT2D eigenvalue weighted by molar-refractivity contribution is -0.142. The highest BCUT2D eigenvalue weighted by Gasteiger charge is 2.41. The van der Waals surface area contributed by atoms with E-state index >= 15 is 0 Å². The predicted octanol–water partition coefficient (Wildman–Crippen LogP) is 2.65. The van der Waals surface area contributed by atoms with Crippen LogP contribution < -0.4 is 0 Å². The molecule has 2 atom stereocenters. The Morgan fingerprint density at radius 3 is 2.60 bits per heavy atom. The van der Waals surface area contributed by atoms with Crippen molar-refractivity contribution in [2.75, 3.05) is 0 Å². The van der Waals surface area contributed by atoms with E-state index in [0.29, 0.717) is 12.8 Å². The number of carboxylic acids is 1. The van der Waals surface area contributed by atoms with Crippen LogP contribution in [0.3, 0.4) is 0 Å². The minimum atomic E-state index is -0.961. The second kappa shape index (κ2) is 6.41. The largest absolute Gasteiger partial charge is 0.480 e. The summed E-state index contributed by atoms with van der Waals surface area (Å²) in [6, 6.07) is 8.55. The third kappa shape index (κ3) is 3.10. The van der Waals surface area contributed by atoms with Crippen molar-refractivity contribution in [3.63, 3.8) is 0 Å². The van der Waals surface area contributed by atoms with E-state index in [1.54, 1.807) is 0 Å². The number of amides is 1. The van der Waals surface area contributed by atoms with Crippen LogP contribution in [-0.2, 0) is 16.1 Å². The topological polar surface area (TPSA) is 66.8 Å². The third-order valence-electron chi connectivity index (χ3n) is 3.67. The quantitative estimate of drug-likeness (QED) is 0.918. The van der Waals surface area contributed by atoms with Crippen molar-refractivity contribution >= 4 is 12.1 Å². The fourth-order valence-electron chi connectivity index (χ4n) is 2.60. The van der Waals surface area contributed by atoms with Crippen LogP contribution in [-0.4, -0.2) is 34.2 Å². The first kappa shape index (κ1) is 14.4. The van der Waals surface area contributed by atoms with Gasteiger partial charge in [-0.15, -0.1) is 0 Å². The van der Waals surface area contributed by atoms with Gasteiger partial charge < -0.3 is 9.84 Å². The van der Waals surface area contributed by atoms with E-state index in [1.165, 1.54) is 4.90 Å². The minimum Gasteiger partial charge on any atom is -0.480 e. The van der Waals surface area contributed by atoms with E-state index in [9.17, 15) is 14.7 Å². The SMILES string of the molecule is CCC1CCC(C(=O)O)N1C(=O)OCc1ccccc1. The molecule has 5 heteroatoms. The second-order valence-electron chi connectivity index (χ2n) is 4.94. The highest BCUT2D eigenvalue weighted by molar-refractivity contribution is 5.81. The summed E-state index contributed by atoms with van der Waals surface area (Å²) in [5, 5.41) is 9.18. The Hall–Kier alpha value is -2.04. The van der Waals surface area contributed by atoms with Crippen molar-refractivity contribution in [3.05, 3.63) is 35.9 Å². The van der Waals surface area contributed by atoms with Gasteiger partial charge in [0.15, 0.2) is 0 Å². The number of benzene rings is 1. The summed E-state index contributed by atoms with van der Waals surface area (Å²) in [7, 11) is 0. The number of aliphatic carboxylic acids is 1. The van der Waals surface area contributed by atoms with Crippen LogP contribution >= 0.6 is 0 Å². The number of carboxylic acid groups (broad SMARTS) is 1. The molecule has 0 bridgehead atoms. The lowest BCUT2D eigenvalue weighted by Gasteiger charge is -2.26. The lowest BCUT2D eigenvalue weighted by atomic mass is 10.1. The van der Waals surface area contributed by atoms with Gasteiger partial charge in [0.25, 0.3) is 0 Å². The summed E-state index contributed by atoms with van der Waals surface area (Å²) < 4.78 is 5.25. The average Bonchev–Trinajstić information content (AvgIpc) is 2.90. The normalized spacial score (nSPS) is 21.8. The lowest BCUT2D eigenvalue weighted by Crippen LogP contribution is -2.44. The molecular formula is C15H19NO4. The highest BCUT2D eigenvalue weighted by Crippen LogP contribution is 2.27. The van der Waals surface area contributed by atoms with Crippen molar-refractivity contribution in [1.29, 1.82) is 0 Å². The fourth-order valence-corrected chi connectivity index (χ4v) is 2.60. The second-order valence-corrected chi connectivity index (χ2v) is 4.94. The fraction of sp³-hybridized carbons (Fsp3) is 0.467. The number of carbonyl (C=O) groups excluding carboxylic acids is 1. The van der Waals surface area contributed by atoms with Crippen LogP contribution in [0.2, 0.25) is 0 Å². The molecule has 108 valence electrons. The molecule has 0 spiro atoms. The number of hydrogen-bond donors (Lipinski definition) is 1. The van der Waals surface area contributed by atoms with E-state index in [4.69, 9.17) is 4.74 Å². The number of carbonyl (C=O) groups is 2. The van der Waals surface area contributed by atoms with Gasteiger partial charge >= 0.3 is 12.1 Å². The molecule has 1 aromatic rings. The molecular weight excluding hydrogens is 258 g/mol. The number of ether oxygens (including phenoxy) is 1. The highest BCUT2D eigenvalue weighted by atomic mass is 16.6. The van der Waals surface area contributed by atoms with Crippen LogP contribution in [0, 0.1) is 0 Å². The zero-order valence-electron chi connectivity index (χ0n) is 11.5. The Morgan fingerprint density at radius 1 is 1.30 bits per heavy atom. The summed E-state index contributed by atoms with van der Waals surface area (Å²) in [6.07, 6.45) is 1.41. The van der Waals surface area contributed by atoms with Crippen molar-refractivity contribution in [1.82, 2.24) is 4.90 Å². The molecule has 1 fully saturated rings. The van der Waals surface area contributed by atoms with Gasteiger partial charge in [0.05, 0.1) is 0 Å². The Balaban J connectivity index is 2.00. The van der Waals surface area contributed by atoms with Gasteiger partial charge in [-0.05, 0) is 24.8 Å². The van der Waals surface area contributed by atoms with Gasteiger partial charge in [0.1, 0.15) is 12.6 Å². The van der Waals surface area contributed by atoms with Gasteiger partial charge in [-0.3, -0.25) is 4.90 Å². The molecule has 1 saturated heterocycles. The summed E-state index contributed by atoms with van der Waals surface area (Å²) in [5.74, 6) is -0.961. The maximum absolute atomic E-state index is 12.1. The molecule has 0 aromatic heterocycles. The molecule has 1 heterocycles.